The van der Waals surface area contributed by atoms with Crippen LogP contribution in [0.4, 0.5) is 0 Å². The number of hydrogen-bond acceptors (Lipinski definition) is 3. The van der Waals surface area contributed by atoms with Crippen LogP contribution in [0, 0.1) is 30.1 Å². The van der Waals surface area contributed by atoms with Crippen LogP contribution in [0.1, 0.15) is 33.6 Å². The third-order valence-corrected chi connectivity index (χ3v) is 1.17. The van der Waals surface area contributed by atoms with Crippen molar-refractivity contribution < 1.29 is 19.4 Å². The minimum atomic E-state index is -0.947. The second-order valence-electron chi connectivity index (χ2n) is 4.38. The van der Waals surface area contributed by atoms with Gasteiger partial charge in [0, 0.05) is 0 Å². The number of hydrogen-bond donors (Lipinski definition) is 1. The molecule has 17 heavy (non-hydrogen) atoms. The van der Waals surface area contributed by atoms with E-state index >= 15 is 0 Å². The molecule has 0 aliphatic carbocycles. The first-order valence-electron chi connectivity index (χ1n) is 4.97. The summed E-state index contributed by atoms with van der Waals surface area (Å²) in [6, 6.07) is 0. The van der Waals surface area contributed by atoms with Gasteiger partial charge in [0.05, 0.1) is 6.61 Å². The van der Waals surface area contributed by atoms with E-state index in [1.165, 1.54) is 0 Å². The van der Waals surface area contributed by atoms with Gasteiger partial charge in [-0.15, -0.1) is 12.8 Å². The number of carbonyl (C=O) groups excluding carboxylic acids is 1. The van der Waals surface area contributed by atoms with Gasteiger partial charge in [0.1, 0.15) is 12.8 Å². The minimum absolute atomic E-state index is 0.0181. The summed E-state index contributed by atoms with van der Waals surface area (Å²) in [7, 11) is 0. The number of rotatable bonds is 3. The maximum absolute atomic E-state index is 10.7. The molecule has 94 valence electrons. The van der Waals surface area contributed by atoms with E-state index < -0.39 is 5.97 Å². The lowest BCUT2D eigenvalue weighted by molar-refractivity contribution is -0.145. The summed E-state index contributed by atoms with van der Waals surface area (Å²) < 4.78 is 4.87. The summed E-state index contributed by atoms with van der Waals surface area (Å²) in [6.07, 6.45) is 9.40. The predicted molar refractivity (Wildman–Crippen MR) is 64.9 cm³/mol. The van der Waals surface area contributed by atoms with Crippen molar-refractivity contribution in [3.05, 3.63) is 0 Å². The molecule has 4 nitrogen and oxygen atoms in total. The molecule has 4 heteroatoms. The summed E-state index contributed by atoms with van der Waals surface area (Å²) in [5.41, 5.74) is 0.0181. The fourth-order valence-corrected chi connectivity index (χ4v) is 0.519. The van der Waals surface area contributed by atoms with E-state index in [2.05, 4.69) is 12.3 Å². The van der Waals surface area contributed by atoms with Crippen molar-refractivity contribution in [2.75, 3.05) is 6.61 Å². The van der Waals surface area contributed by atoms with Crippen LogP contribution < -0.4 is 0 Å². The maximum Gasteiger partial charge on any atom is 0.317 e. The Kier molecular flexibility index (Phi) is 9.55. The van der Waals surface area contributed by atoms with Gasteiger partial charge in [-0.2, -0.15) is 0 Å². The average molecular weight is 238 g/mol. The van der Waals surface area contributed by atoms with E-state index in [9.17, 15) is 9.59 Å². The molecule has 0 saturated heterocycles. The standard InChI is InChI=1S/C9H14O2.C4H4O2/c1-5-6-8(10)11-7-9(2,3)4;1-2-3-4(5)6/h1H,6-7H2,2-4H3;1H,3H2,(H,5,6). The molecule has 0 heterocycles. The topological polar surface area (TPSA) is 63.6 Å². The lowest BCUT2D eigenvalue weighted by atomic mass is 9.99. The Balaban J connectivity index is 0. The minimum Gasteiger partial charge on any atom is -0.481 e. The van der Waals surface area contributed by atoms with E-state index in [4.69, 9.17) is 16.3 Å². The average Bonchev–Trinajstić information content (AvgIpc) is 2.15. The molecule has 0 atom stereocenters. The van der Waals surface area contributed by atoms with E-state index in [0.717, 1.165) is 0 Å². The van der Waals surface area contributed by atoms with E-state index in [1.807, 2.05) is 26.7 Å². The molecule has 0 aromatic rings. The van der Waals surface area contributed by atoms with Gasteiger partial charge in [-0.3, -0.25) is 9.59 Å². The van der Waals surface area contributed by atoms with Crippen molar-refractivity contribution in [3.63, 3.8) is 0 Å². The molecule has 0 aromatic carbocycles. The van der Waals surface area contributed by atoms with Crippen molar-refractivity contribution in [2.24, 2.45) is 5.41 Å². The van der Waals surface area contributed by atoms with Gasteiger partial charge < -0.3 is 9.84 Å². The molecule has 0 bridgehead atoms. The van der Waals surface area contributed by atoms with E-state index in [0.29, 0.717) is 6.61 Å². The van der Waals surface area contributed by atoms with E-state index in [1.54, 1.807) is 0 Å². The van der Waals surface area contributed by atoms with Gasteiger partial charge in [-0.25, -0.2) is 0 Å². The lowest BCUT2D eigenvalue weighted by Gasteiger charge is -2.17. The number of carboxylic acid groups (broad SMARTS) is 1. The first-order chi connectivity index (χ1) is 7.72. The highest BCUT2D eigenvalue weighted by molar-refractivity contribution is 5.72. The van der Waals surface area contributed by atoms with Crippen LogP contribution in [0.5, 0.6) is 0 Å². The lowest BCUT2D eigenvalue weighted by Crippen LogP contribution is -2.17. The highest BCUT2D eigenvalue weighted by atomic mass is 16.5. The van der Waals surface area contributed by atoms with Crippen LogP contribution >= 0.6 is 0 Å². The Labute approximate surface area is 102 Å². The predicted octanol–water partition coefficient (Wildman–Crippen LogP) is 1.69. The number of carboxylic acids is 1. The van der Waals surface area contributed by atoms with Crippen LogP contribution in [0.15, 0.2) is 0 Å². The zero-order valence-corrected chi connectivity index (χ0v) is 10.4. The molecule has 0 spiro atoms. The van der Waals surface area contributed by atoms with Crippen molar-refractivity contribution in [3.8, 4) is 24.7 Å². The van der Waals surface area contributed by atoms with Gasteiger partial charge in [0.2, 0.25) is 0 Å². The Hall–Kier alpha value is -1.94. The molecule has 0 unspecified atom stereocenters. The molecule has 0 amide bonds. The number of terminal acetylenes is 2. The Morgan fingerprint density at radius 2 is 1.65 bits per heavy atom. The normalized spacial score (nSPS) is 9.00. The summed E-state index contributed by atoms with van der Waals surface area (Å²) in [5, 5.41) is 7.77. The van der Waals surface area contributed by atoms with Crippen molar-refractivity contribution in [1.82, 2.24) is 0 Å². The second-order valence-corrected chi connectivity index (χ2v) is 4.38. The fourth-order valence-electron chi connectivity index (χ4n) is 0.519. The van der Waals surface area contributed by atoms with Crippen LogP contribution in [-0.2, 0) is 14.3 Å². The molecule has 0 aromatic heterocycles. The van der Waals surface area contributed by atoms with Crippen LogP contribution in [0.3, 0.4) is 0 Å². The molecular formula is C13H18O4. The fraction of sp³-hybridized carbons (Fsp3) is 0.538. The molecule has 0 radical (unpaired) electrons. The van der Waals surface area contributed by atoms with Gasteiger partial charge in [-0.05, 0) is 5.41 Å². The molecule has 0 rings (SSSR count). The van der Waals surface area contributed by atoms with Gasteiger partial charge in [0.25, 0.3) is 0 Å². The third kappa shape index (κ3) is 20.2. The number of esters is 1. The molecule has 0 aliphatic rings. The first kappa shape index (κ1) is 17.5. The monoisotopic (exact) mass is 238 g/mol. The molecule has 0 fully saturated rings. The zero-order chi connectivity index (χ0) is 13.9. The number of ether oxygens (including phenoxy) is 1. The van der Waals surface area contributed by atoms with Crippen molar-refractivity contribution >= 4 is 11.9 Å². The largest absolute Gasteiger partial charge is 0.481 e. The third-order valence-electron chi connectivity index (χ3n) is 1.17. The maximum atomic E-state index is 10.7. The summed E-state index contributed by atoms with van der Waals surface area (Å²) in [6.45, 7) is 6.41. The van der Waals surface area contributed by atoms with Gasteiger partial charge >= 0.3 is 11.9 Å². The molecule has 1 N–H and O–H groups in total. The second kappa shape index (κ2) is 9.30. The van der Waals surface area contributed by atoms with Crippen molar-refractivity contribution in [1.29, 1.82) is 0 Å². The number of carbonyl (C=O) groups is 2. The SMILES string of the molecule is C#CCC(=O)O.C#CCC(=O)OCC(C)(C)C. The van der Waals surface area contributed by atoms with Gasteiger partial charge in [0.15, 0.2) is 0 Å². The van der Waals surface area contributed by atoms with E-state index in [-0.39, 0.29) is 24.2 Å². The zero-order valence-electron chi connectivity index (χ0n) is 10.4. The Morgan fingerprint density at radius 3 is 1.88 bits per heavy atom. The summed E-state index contributed by atoms with van der Waals surface area (Å²) >= 11 is 0. The first-order valence-corrected chi connectivity index (χ1v) is 4.97. The summed E-state index contributed by atoms with van der Waals surface area (Å²) in [4.78, 5) is 20.2. The van der Waals surface area contributed by atoms with Crippen LogP contribution in [-0.4, -0.2) is 23.7 Å². The summed E-state index contributed by atoms with van der Waals surface area (Å²) in [5.74, 6) is 2.93. The Bertz CT molecular complexity index is 323. The smallest absolute Gasteiger partial charge is 0.317 e. The molecule has 0 aliphatic heterocycles. The van der Waals surface area contributed by atoms with Crippen LogP contribution in [0.2, 0.25) is 0 Å². The molecular weight excluding hydrogens is 220 g/mol. The molecule has 0 saturated carbocycles. The number of aliphatic carboxylic acids is 1. The Morgan fingerprint density at radius 1 is 1.18 bits per heavy atom. The highest BCUT2D eigenvalue weighted by Crippen LogP contribution is 2.12. The van der Waals surface area contributed by atoms with Crippen LogP contribution in [0.25, 0.3) is 0 Å². The quantitative estimate of drug-likeness (QED) is 0.600. The highest BCUT2D eigenvalue weighted by Gasteiger charge is 2.12. The van der Waals surface area contributed by atoms with Crippen molar-refractivity contribution in [2.45, 2.75) is 33.6 Å². The van der Waals surface area contributed by atoms with Gasteiger partial charge in [-0.1, -0.05) is 32.6 Å².